The molecule has 1 aromatic rings. The fourth-order valence-corrected chi connectivity index (χ4v) is 3.26. The Morgan fingerprint density at radius 1 is 1.26 bits per heavy atom. The average Bonchev–Trinajstić information content (AvgIpc) is 2.45. The van der Waals surface area contributed by atoms with Crippen molar-refractivity contribution in [3.05, 3.63) is 29.8 Å². The summed E-state index contributed by atoms with van der Waals surface area (Å²) < 4.78 is 11.3. The van der Waals surface area contributed by atoms with Gasteiger partial charge in [0, 0.05) is 41.1 Å². The summed E-state index contributed by atoms with van der Waals surface area (Å²) >= 11 is 0. The molecule has 1 aliphatic carbocycles. The van der Waals surface area contributed by atoms with Crippen LogP contribution >= 0.6 is 0 Å². The number of hydrogen-bond donors (Lipinski definition) is 2. The van der Waals surface area contributed by atoms with E-state index in [1.807, 2.05) is 24.3 Å². The van der Waals surface area contributed by atoms with Crippen molar-refractivity contribution >= 4 is 10.8 Å². The summed E-state index contributed by atoms with van der Waals surface area (Å²) in [5.41, 5.74) is 1.21. The second-order valence-electron chi connectivity index (χ2n) is 5.31. The van der Waals surface area contributed by atoms with Crippen LogP contribution in [0.2, 0.25) is 0 Å². The largest absolute Gasteiger partial charge is 0.396 e. The van der Waals surface area contributed by atoms with E-state index in [9.17, 15) is 9.32 Å². The molecule has 0 amide bonds. The Kier molecular flexibility index (Phi) is 5.55. The van der Waals surface area contributed by atoms with Crippen LogP contribution in [0.3, 0.4) is 0 Å². The van der Waals surface area contributed by atoms with Gasteiger partial charge in [-0.2, -0.15) is 0 Å². The van der Waals surface area contributed by atoms with Gasteiger partial charge in [-0.25, -0.2) is 0 Å². The predicted molar refractivity (Wildman–Crippen MR) is 78.4 cm³/mol. The van der Waals surface area contributed by atoms with Gasteiger partial charge >= 0.3 is 0 Å². The Balaban J connectivity index is 1.88. The van der Waals surface area contributed by atoms with Crippen LogP contribution in [-0.2, 0) is 17.3 Å². The molecule has 0 radical (unpaired) electrons. The third-order valence-corrected chi connectivity index (χ3v) is 4.90. The second kappa shape index (κ2) is 7.17. The van der Waals surface area contributed by atoms with Crippen molar-refractivity contribution in [1.82, 2.24) is 5.32 Å². The summed E-state index contributed by atoms with van der Waals surface area (Å²) in [5.74, 6) is 0.399. The minimum Gasteiger partial charge on any atom is -0.396 e. The molecule has 1 aliphatic rings. The smallest absolute Gasteiger partial charge is 0.0498 e. The molecular formula is C15H23NO2S. The van der Waals surface area contributed by atoms with Crippen LogP contribution in [0.25, 0.3) is 0 Å². The van der Waals surface area contributed by atoms with Gasteiger partial charge in [0.05, 0.1) is 0 Å². The zero-order valence-electron chi connectivity index (χ0n) is 11.5. The van der Waals surface area contributed by atoms with E-state index in [-0.39, 0.29) is 6.61 Å². The van der Waals surface area contributed by atoms with E-state index in [0.29, 0.717) is 12.0 Å². The molecular weight excluding hydrogens is 258 g/mol. The highest BCUT2D eigenvalue weighted by atomic mass is 32.2. The van der Waals surface area contributed by atoms with Gasteiger partial charge in [0.25, 0.3) is 0 Å². The molecule has 19 heavy (non-hydrogen) atoms. The van der Waals surface area contributed by atoms with Crippen molar-refractivity contribution in [2.45, 2.75) is 43.2 Å². The average molecular weight is 281 g/mol. The molecule has 0 aliphatic heterocycles. The van der Waals surface area contributed by atoms with Gasteiger partial charge in [-0.1, -0.05) is 25.0 Å². The number of benzene rings is 1. The summed E-state index contributed by atoms with van der Waals surface area (Å²) in [6.07, 6.45) is 6.47. The van der Waals surface area contributed by atoms with Crippen molar-refractivity contribution in [3.63, 3.8) is 0 Å². The monoisotopic (exact) mass is 281 g/mol. The summed E-state index contributed by atoms with van der Waals surface area (Å²) in [5, 5.41) is 12.9. The van der Waals surface area contributed by atoms with E-state index in [0.717, 1.165) is 24.3 Å². The van der Waals surface area contributed by atoms with Crippen LogP contribution in [0.15, 0.2) is 29.2 Å². The highest BCUT2D eigenvalue weighted by Crippen LogP contribution is 2.24. The third-order valence-electron chi connectivity index (χ3n) is 3.97. The van der Waals surface area contributed by atoms with Crippen molar-refractivity contribution in [2.75, 3.05) is 12.9 Å². The van der Waals surface area contributed by atoms with E-state index < -0.39 is 10.8 Å². The number of hydrogen-bond acceptors (Lipinski definition) is 3. The molecule has 0 saturated heterocycles. The van der Waals surface area contributed by atoms with Crippen LogP contribution in [0.5, 0.6) is 0 Å². The van der Waals surface area contributed by atoms with E-state index in [4.69, 9.17) is 0 Å². The third kappa shape index (κ3) is 4.13. The zero-order chi connectivity index (χ0) is 13.7. The van der Waals surface area contributed by atoms with Crippen LogP contribution in [0, 0.1) is 5.92 Å². The molecule has 0 heterocycles. The molecule has 0 aromatic heterocycles. The van der Waals surface area contributed by atoms with E-state index in [1.54, 1.807) is 6.26 Å². The van der Waals surface area contributed by atoms with Gasteiger partial charge in [-0.15, -0.1) is 0 Å². The van der Waals surface area contributed by atoms with Crippen LogP contribution in [0.1, 0.15) is 31.2 Å². The molecule has 0 bridgehead atoms. The first-order valence-corrected chi connectivity index (χ1v) is 8.53. The van der Waals surface area contributed by atoms with Crippen LogP contribution in [-0.4, -0.2) is 28.2 Å². The summed E-state index contributed by atoms with van der Waals surface area (Å²) in [4.78, 5) is 0.870. The van der Waals surface area contributed by atoms with E-state index in [2.05, 4.69) is 5.32 Å². The van der Waals surface area contributed by atoms with Gasteiger partial charge in [0.2, 0.25) is 0 Å². The maximum atomic E-state index is 11.3. The van der Waals surface area contributed by atoms with Crippen molar-refractivity contribution < 1.29 is 9.32 Å². The van der Waals surface area contributed by atoms with Crippen LogP contribution in [0.4, 0.5) is 0 Å². The molecule has 1 saturated carbocycles. The molecule has 2 rings (SSSR count). The minimum atomic E-state index is -0.906. The molecule has 4 heteroatoms. The highest BCUT2D eigenvalue weighted by molar-refractivity contribution is 7.84. The Morgan fingerprint density at radius 3 is 2.58 bits per heavy atom. The SMILES string of the molecule is CS(=O)c1ccc(CNC2CCCCC2CO)cc1. The Labute approximate surface area is 117 Å². The lowest BCUT2D eigenvalue weighted by molar-refractivity contribution is 0.152. The Hall–Kier alpha value is -0.710. The first kappa shape index (κ1) is 14.7. The van der Waals surface area contributed by atoms with Gasteiger partial charge in [-0.05, 0) is 36.5 Å². The maximum absolute atomic E-state index is 11.3. The molecule has 3 nitrogen and oxygen atoms in total. The number of nitrogens with one attached hydrogen (secondary N) is 1. The number of aliphatic hydroxyl groups excluding tert-OH is 1. The minimum absolute atomic E-state index is 0.283. The van der Waals surface area contributed by atoms with Crippen LogP contribution < -0.4 is 5.32 Å². The molecule has 2 N–H and O–H groups in total. The van der Waals surface area contributed by atoms with Gasteiger partial charge in [0.15, 0.2) is 0 Å². The molecule has 3 unspecified atom stereocenters. The zero-order valence-corrected chi connectivity index (χ0v) is 12.3. The summed E-state index contributed by atoms with van der Waals surface area (Å²) in [7, 11) is -0.906. The summed E-state index contributed by atoms with van der Waals surface area (Å²) in [6, 6.07) is 8.34. The lowest BCUT2D eigenvalue weighted by Gasteiger charge is -2.31. The Bertz CT molecular complexity index is 419. The van der Waals surface area contributed by atoms with Gasteiger partial charge in [-0.3, -0.25) is 4.21 Å². The lowest BCUT2D eigenvalue weighted by Crippen LogP contribution is -2.39. The molecule has 0 spiro atoms. The topological polar surface area (TPSA) is 49.3 Å². The first-order chi connectivity index (χ1) is 9.20. The lowest BCUT2D eigenvalue weighted by atomic mass is 9.85. The molecule has 3 atom stereocenters. The quantitative estimate of drug-likeness (QED) is 0.868. The van der Waals surface area contributed by atoms with Crippen molar-refractivity contribution in [1.29, 1.82) is 0 Å². The molecule has 106 valence electrons. The highest BCUT2D eigenvalue weighted by Gasteiger charge is 2.23. The van der Waals surface area contributed by atoms with Crippen molar-refractivity contribution in [2.24, 2.45) is 5.92 Å². The molecule has 1 aromatic carbocycles. The first-order valence-electron chi connectivity index (χ1n) is 6.97. The van der Waals surface area contributed by atoms with E-state index >= 15 is 0 Å². The predicted octanol–water partition coefficient (Wildman–Crippen LogP) is 2.06. The molecule has 1 fully saturated rings. The Morgan fingerprint density at radius 2 is 1.95 bits per heavy atom. The number of aliphatic hydroxyl groups is 1. The number of rotatable bonds is 5. The standard InChI is InChI=1S/C15H23NO2S/c1-19(18)14-8-6-12(7-9-14)10-16-15-5-3-2-4-13(15)11-17/h6-9,13,15-17H,2-5,10-11H2,1H3. The van der Waals surface area contributed by atoms with Crippen molar-refractivity contribution in [3.8, 4) is 0 Å². The van der Waals surface area contributed by atoms with Gasteiger partial charge in [0.1, 0.15) is 0 Å². The van der Waals surface area contributed by atoms with E-state index in [1.165, 1.54) is 18.4 Å². The second-order valence-corrected chi connectivity index (χ2v) is 6.69. The normalized spacial score (nSPS) is 25.2. The fourth-order valence-electron chi connectivity index (χ4n) is 2.74. The summed E-state index contributed by atoms with van der Waals surface area (Å²) in [6.45, 7) is 1.10. The maximum Gasteiger partial charge on any atom is 0.0498 e. The van der Waals surface area contributed by atoms with Gasteiger partial charge < -0.3 is 10.4 Å². The fraction of sp³-hybridized carbons (Fsp3) is 0.600.